The Hall–Kier alpha value is -3.60. The van der Waals surface area contributed by atoms with Crippen LogP contribution in [0.3, 0.4) is 0 Å². The average Bonchev–Trinajstić information content (AvgIpc) is 3.17. The maximum atomic E-state index is 12.5. The third-order valence-corrected chi connectivity index (χ3v) is 4.59. The van der Waals surface area contributed by atoms with Crippen LogP contribution in [0.2, 0.25) is 0 Å². The summed E-state index contributed by atoms with van der Waals surface area (Å²) in [6, 6.07) is 20.6. The number of nitrogens with one attached hydrogen (secondary N) is 1. The third kappa shape index (κ3) is 3.60. The molecule has 28 heavy (non-hydrogen) atoms. The molecule has 4 aromatic rings. The second kappa shape index (κ2) is 7.56. The van der Waals surface area contributed by atoms with Gasteiger partial charge < -0.3 is 14.5 Å². The zero-order valence-electron chi connectivity index (χ0n) is 15.7. The number of methoxy groups -OCH3 is 1. The molecule has 0 radical (unpaired) electrons. The van der Waals surface area contributed by atoms with E-state index >= 15 is 0 Å². The first-order valence-corrected chi connectivity index (χ1v) is 9.11. The zero-order valence-corrected chi connectivity index (χ0v) is 15.7. The highest BCUT2D eigenvalue weighted by molar-refractivity contribution is 6.05. The molecule has 1 heterocycles. The lowest BCUT2D eigenvalue weighted by Gasteiger charge is -2.05. The van der Waals surface area contributed by atoms with Gasteiger partial charge >= 0.3 is 0 Å². The SMILES string of the molecule is CCc1ccc(C(=O)Nc2ccc3oc(-c4cccc(OC)c4)nc3c2)cc1. The molecule has 0 spiro atoms. The molecule has 4 rings (SSSR count). The highest BCUT2D eigenvalue weighted by atomic mass is 16.5. The minimum atomic E-state index is -0.154. The number of ether oxygens (including phenoxy) is 1. The molecule has 0 saturated heterocycles. The van der Waals surface area contributed by atoms with Crippen molar-refractivity contribution in [2.45, 2.75) is 13.3 Å². The summed E-state index contributed by atoms with van der Waals surface area (Å²) in [4.78, 5) is 17.0. The Morgan fingerprint density at radius 3 is 2.64 bits per heavy atom. The number of benzene rings is 3. The van der Waals surface area contributed by atoms with Gasteiger partial charge in [-0.2, -0.15) is 0 Å². The largest absolute Gasteiger partial charge is 0.497 e. The van der Waals surface area contributed by atoms with E-state index < -0.39 is 0 Å². The molecule has 0 aliphatic carbocycles. The molecule has 0 aliphatic heterocycles. The number of anilines is 1. The maximum absolute atomic E-state index is 12.5. The molecular weight excluding hydrogens is 352 g/mol. The van der Waals surface area contributed by atoms with Crippen LogP contribution in [-0.4, -0.2) is 18.0 Å². The molecule has 3 aromatic carbocycles. The second-order valence-corrected chi connectivity index (χ2v) is 6.44. The number of aromatic nitrogens is 1. The summed E-state index contributed by atoms with van der Waals surface area (Å²) >= 11 is 0. The van der Waals surface area contributed by atoms with E-state index in [4.69, 9.17) is 9.15 Å². The number of rotatable bonds is 5. The molecule has 1 amide bonds. The van der Waals surface area contributed by atoms with E-state index in [1.54, 1.807) is 19.2 Å². The van der Waals surface area contributed by atoms with Crippen LogP contribution in [0, 0.1) is 0 Å². The van der Waals surface area contributed by atoms with Gasteiger partial charge in [-0.25, -0.2) is 4.98 Å². The Morgan fingerprint density at radius 2 is 1.89 bits per heavy atom. The topological polar surface area (TPSA) is 64.4 Å². The number of aryl methyl sites for hydroxylation is 1. The number of hydrogen-bond donors (Lipinski definition) is 1. The Bertz CT molecular complexity index is 1130. The van der Waals surface area contributed by atoms with Gasteiger partial charge in [-0.1, -0.05) is 25.1 Å². The molecule has 1 aromatic heterocycles. The van der Waals surface area contributed by atoms with Gasteiger partial charge in [-0.3, -0.25) is 4.79 Å². The van der Waals surface area contributed by atoms with Crippen LogP contribution in [0.4, 0.5) is 5.69 Å². The summed E-state index contributed by atoms with van der Waals surface area (Å²) in [5.41, 5.74) is 4.65. The minimum absolute atomic E-state index is 0.154. The van der Waals surface area contributed by atoms with Crippen LogP contribution >= 0.6 is 0 Å². The molecule has 5 nitrogen and oxygen atoms in total. The van der Waals surface area contributed by atoms with Crippen molar-refractivity contribution in [3.05, 3.63) is 77.9 Å². The quantitative estimate of drug-likeness (QED) is 0.515. The fraction of sp³-hybridized carbons (Fsp3) is 0.130. The van der Waals surface area contributed by atoms with Crippen LogP contribution in [0.5, 0.6) is 5.75 Å². The Balaban J connectivity index is 1.58. The lowest BCUT2D eigenvalue weighted by Crippen LogP contribution is -2.11. The van der Waals surface area contributed by atoms with Crippen LogP contribution in [-0.2, 0) is 6.42 Å². The summed E-state index contributed by atoms with van der Waals surface area (Å²) in [6.07, 6.45) is 0.945. The lowest BCUT2D eigenvalue weighted by atomic mass is 10.1. The van der Waals surface area contributed by atoms with E-state index in [1.807, 2.05) is 54.6 Å². The molecule has 0 aliphatic rings. The monoisotopic (exact) mass is 372 g/mol. The minimum Gasteiger partial charge on any atom is -0.497 e. The highest BCUT2D eigenvalue weighted by Crippen LogP contribution is 2.28. The molecule has 140 valence electrons. The lowest BCUT2D eigenvalue weighted by molar-refractivity contribution is 0.102. The fourth-order valence-corrected chi connectivity index (χ4v) is 2.98. The summed E-state index contributed by atoms with van der Waals surface area (Å²) < 4.78 is 11.1. The molecule has 0 atom stereocenters. The summed E-state index contributed by atoms with van der Waals surface area (Å²) in [7, 11) is 1.62. The fourth-order valence-electron chi connectivity index (χ4n) is 2.98. The normalized spacial score (nSPS) is 10.8. The number of amides is 1. The molecular formula is C23H20N2O3. The van der Waals surface area contributed by atoms with E-state index in [0.29, 0.717) is 28.2 Å². The van der Waals surface area contributed by atoms with Crippen molar-refractivity contribution in [3.8, 4) is 17.2 Å². The van der Waals surface area contributed by atoms with Crippen molar-refractivity contribution >= 4 is 22.7 Å². The van der Waals surface area contributed by atoms with Crippen molar-refractivity contribution < 1.29 is 13.9 Å². The van der Waals surface area contributed by atoms with Gasteiger partial charge in [0.2, 0.25) is 5.89 Å². The van der Waals surface area contributed by atoms with Gasteiger partial charge in [0.25, 0.3) is 5.91 Å². The highest BCUT2D eigenvalue weighted by Gasteiger charge is 2.11. The first kappa shape index (κ1) is 17.8. The van der Waals surface area contributed by atoms with E-state index in [-0.39, 0.29) is 5.91 Å². The predicted molar refractivity (Wildman–Crippen MR) is 110 cm³/mol. The van der Waals surface area contributed by atoms with E-state index in [0.717, 1.165) is 17.7 Å². The standard InChI is InChI=1S/C23H20N2O3/c1-3-15-7-9-16(10-8-15)22(26)24-18-11-12-21-20(14-18)25-23(28-21)17-5-4-6-19(13-17)27-2/h4-14H,3H2,1-2H3,(H,24,26). The van der Waals surface area contributed by atoms with E-state index in [1.165, 1.54) is 5.56 Å². The van der Waals surface area contributed by atoms with Crippen LogP contribution in [0.25, 0.3) is 22.6 Å². The van der Waals surface area contributed by atoms with Gasteiger partial charge in [-0.15, -0.1) is 0 Å². The number of hydrogen-bond acceptors (Lipinski definition) is 4. The number of nitrogens with zero attached hydrogens (tertiary/aromatic N) is 1. The van der Waals surface area contributed by atoms with Gasteiger partial charge in [-0.05, 0) is 60.5 Å². The molecule has 1 N–H and O–H groups in total. The van der Waals surface area contributed by atoms with Crippen molar-refractivity contribution in [1.82, 2.24) is 4.98 Å². The van der Waals surface area contributed by atoms with Crippen molar-refractivity contribution in [2.24, 2.45) is 0 Å². The van der Waals surface area contributed by atoms with Gasteiger partial charge in [0.15, 0.2) is 5.58 Å². The molecule has 0 saturated carbocycles. The van der Waals surface area contributed by atoms with Gasteiger partial charge in [0, 0.05) is 16.8 Å². The first-order chi connectivity index (χ1) is 13.7. The maximum Gasteiger partial charge on any atom is 0.255 e. The van der Waals surface area contributed by atoms with Crippen molar-refractivity contribution in [1.29, 1.82) is 0 Å². The van der Waals surface area contributed by atoms with Gasteiger partial charge in [0.1, 0.15) is 11.3 Å². The number of carbonyl (C=O) groups excluding carboxylic acids is 1. The first-order valence-electron chi connectivity index (χ1n) is 9.11. The summed E-state index contributed by atoms with van der Waals surface area (Å²) in [5.74, 6) is 1.09. The van der Waals surface area contributed by atoms with E-state index in [9.17, 15) is 4.79 Å². The molecule has 5 heteroatoms. The Kier molecular flexibility index (Phi) is 4.81. The third-order valence-electron chi connectivity index (χ3n) is 4.59. The predicted octanol–water partition coefficient (Wildman–Crippen LogP) is 5.32. The van der Waals surface area contributed by atoms with Crippen LogP contribution in [0.15, 0.2) is 71.1 Å². The Morgan fingerprint density at radius 1 is 1.07 bits per heavy atom. The second-order valence-electron chi connectivity index (χ2n) is 6.44. The van der Waals surface area contributed by atoms with Gasteiger partial charge in [0.05, 0.1) is 7.11 Å². The number of carbonyl (C=O) groups is 1. The molecule has 0 bridgehead atoms. The summed E-state index contributed by atoms with van der Waals surface area (Å²) in [5, 5.41) is 2.91. The zero-order chi connectivity index (χ0) is 19.5. The smallest absolute Gasteiger partial charge is 0.255 e. The molecule has 0 unspecified atom stereocenters. The number of oxazole rings is 1. The number of fused-ring (bicyclic) bond motifs is 1. The van der Waals surface area contributed by atoms with Crippen LogP contribution in [0.1, 0.15) is 22.8 Å². The van der Waals surface area contributed by atoms with Crippen molar-refractivity contribution in [2.75, 3.05) is 12.4 Å². The molecule has 0 fully saturated rings. The Labute approximate surface area is 163 Å². The van der Waals surface area contributed by atoms with Crippen LogP contribution < -0.4 is 10.1 Å². The van der Waals surface area contributed by atoms with Crippen molar-refractivity contribution in [3.63, 3.8) is 0 Å². The van der Waals surface area contributed by atoms with E-state index in [2.05, 4.69) is 17.2 Å². The summed E-state index contributed by atoms with van der Waals surface area (Å²) in [6.45, 7) is 2.09. The average molecular weight is 372 g/mol.